The van der Waals surface area contributed by atoms with E-state index >= 15 is 0 Å². The molecule has 2 N–H and O–H groups in total. The number of hydrogen-bond acceptors (Lipinski definition) is 3. The van der Waals surface area contributed by atoms with Crippen molar-refractivity contribution >= 4 is 23.0 Å². The van der Waals surface area contributed by atoms with Gasteiger partial charge in [0.1, 0.15) is 5.82 Å². The van der Waals surface area contributed by atoms with E-state index in [1.165, 1.54) is 4.90 Å². The number of aliphatic carboxylic acids is 1. The molecule has 1 aromatic carbocycles. The Bertz CT molecular complexity index is 808. The third-order valence-electron chi connectivity index (χ3n) is 4.37. The van der Waals surface area contributed by atoms with Gasteiger partial charge in [0.2, 0.25) is 0 Å². The Labute approximate surface area is 142 Å². The molecule has 2 amide bonds. The number of nitrogens with one attached hydrogen (secondary N) is 1. The second-order valence-corrected chi connectivity index (χ2v) is 6.05. The maximum Gasteiger partial charge on any atom is 0.320 e. The smallest absolute Gasteiger partial charge is 0.320 e. The minimum atomic E-state index is -2.79. The zero-order valence-corrected chi connectivity index (χ0v) is 13.5. The van der Waals surface area contributed by atoms with E-state index in [4.69, 9.17) is 5.11 Å². The summed E-state index contributed by atoms with van der Waals surface area (Å²) in [6.45, 7) is -0.784. The van der Waals surface area contributed by atoms with E-state index in [1.807, 2.05) is 0 Å². The molecule has 1 aliphatic rings. The molecule has 2 atom stereocenters. The Morgan fingerprint density at radius 3 is 2.72 bits per heavy atom. The fourth-order valence-electron chi connectivity index (χ4n) is 3.06. The minimum absolute atomic E-state index is 0.0542. The van der Waals surface area contributed by atoms with Crippen LogP contribution in [0.5, 0.6) is 0 Å². The molecular formula is C16H18F2N4O3. The van der Waals surface area contributed by atoms with Crippen LogP contribution in [0.2, 0.25) is 0 Å². The van der Waals surface area contributed by atoms with Crippen LogP contribution in [0, 0.1) is 5.92 Å². The second kappa shape index (κ2) is 6.66. The number of carboxylic acids is 1. The molecule has 2 aromatic rings. The second-order valence-electron chi connectivity index (χ2n) is 6.05. The quantitative estimate of drug-likeness (QED) is 0.885. The fraction of sp³-hybridized carbons (Fsp3) is 0.438. The minimum Gasteiger partial charge on any atom is -0.481 e. The molecule has 2 heterocycles. The van der Waals surface area contributed by atoms with Gasteiger partial charge in [0.25, 0.3) is 0 Å². The summed E-state index contributed by atoms with van der Waals surface area (Å²) in [6, 6.07) is 5.29. The number of para-hydroxylation sites is 2. The Kier molecular flexibility index (Phi) is 4.56. The van der Waals surface area contributed by atoms with Crippen molar-refractivity contribution in [1.82, 2.24) is 19.8 Å². The molecule has 0 spiro atoms. The van der Waals surface area contributed by atoms with Crippen LogP contribution in [-0.4, -0.2) is 44.6 Å². The largest absolute Gasteiger partial charge is 0.481 e. The molecule has 0 aliphatic carbocycles. The van der Waals surface area contributed by atoms with E-state index < -0.39 is 30.5 Å². The predicted molar refractivity (Wildman–Crippen MR) is 85.2 cm³/mol. The van der Waals surface area contributed by atoms with Crippen molar-refractivity contribution in [3.8, 4) is 0 Å². The number of amides is 2. The molecular weight excluding hydrogens is 334 g/mol. The first kappa shape index (κ1) is 17.1. The number of likely N-dealkylation sites (tertiary alicyclic amines) is 1. The summed E-state index contributed by atoms with van der Waals surface area (Å²) in [4.78, 5) is 28.9. The lowest BCUT2D eigenvalue weighted by molar-refractivity contribution is -0.141. The molecule has 7 nitrogen and oxygen atoms in total. The lowest BCUT2D eigenvalue weighted by Gasteiger charge is -2.21. The number of carboxylic acid groups (broad SMARTS) is 1. The summed E-state index contributed by atoms with van der Waals surface area (Å²) < 4.78 is 27.7. The van der Waals surface area contributed by atoms with Gasteiger partial charge in [-0.3, -0.25) is 9.36 Å². The number of rotatable bonds is 4. The van der Waals surface area contributed by atoms with Crippen LogP contribution in [-0.2, 0) is 4.79 Å². The van der Waals surface area contributed by atoms with Gasteiger partial charge >= 0.3 is 18.5 Å². The van der Waals surface area contributed by atoms with Crippen molar-refractivity contribution in [3.63, 3.8) is 0 Å². The maximum absolute atomic E-state index is 13.5. The zero-order valence-electron chi connectivity index (χ0n) is 13.5. The van der Waals surface area contributed by atoms with Gasteiger partial charge < -0.3 is 15.3 Å². The molecule has 1 aliphatic heterocycles. The summed E-state index contributed by atoms with van der Waals surface area (Å²) in [5.74, 6) is -1.48. The molecule has 1 fully saturated rings. The van der Waals surface area contributed by atoms with E-state index in [2.05, 4.69) is 10.3 Å². The molecule has 0 bridgehead atoms. The number of urea groups is 1. The lowest BCUT2D eigenvalue weighted by atomic mass is 10.1. The van der Waals surface area contributed by atoms with Crippen molar-refractivity contribution in [1.29, 1.82) is 0 Å². The van der Waals surface area contributed by atoms with Crippen molar-refractivity contribution in [2.45, 2.75) is 25.9 Å². The molecule has 3 rings (SSSR count). The van der Waals surface area contributed by atoms with Crippen LogP contribution < -0.4 is 5.32 Å². The van der Waals surface area contributed by atoms with Gasteiger partial charge in [-0.2, -0.15) is 8.78 Å². The van der Waals surface area contributed by atoms with Crippen LogP contribution in [0.3, 0.4) is 0 Å². The van der Waals surface area contributed by atoms with Crippen molar-refractivity contribution in [2.24, 2.45) is 5.92 Å². The average molecular weight is 352 g/mol. The Balaban J connectivity index is 1.78. The first-order chi connectivity index (χ1) is 11.9. The highest BCUT2D eigenvalue weighted by Gasteiger charge is 2.32. The number of nitrogens with zero attached hydrogens (tertiary/aromatic N) is 3. The molecule has 0 saturated carbocycles. The number of halogens is 2. The van der Waals surface area contributed by atoms with E-state index in [0.717, 1.165) is 4.57 Å². The highest BCUT2D eigenvalue weighted by molar-refractivity contribution is 5.78. The number of aromatic nitrogens is 2. The summed E-state index contributed by atoms with van der Waals surface area (Å²) in [5.41, 5.74) is 0.715. The SMILES string of the molecule is CC(NC(=O)N1CCC(C(=O)O)C1)c1nc2ccccc2n1C(F)F. The number of imidazole rings is 1. The Morgan fingerprint density at radius 1 is 1.36 bits per heavy atom. The van der Waals surface area contributed by atoms with Crippen LogP contribution in [0.25, 0.3) is 11.0 Å². The van der Waals surface area contributed by atoms with Crippen LogP contribution in [0.1, 0.15) is 31.8 Å². The standard InChI is InChI=1S/C16H18F2N4O3/c1-9(19-16(25)21-7-6-10(8-21)14(23)24)13-20-11-4-2-3-5-12(11)22(13)15(17)18/h2-5,9-10,15H,6-8H2,1H3,(H,19,25)(H,23,24). The summed E-state index contributed by atoms with van der Waals surface area (Å²) in [7, 11) is 0. The number of fused-ring (bicyclic) bond motifs is 1. The third-order valence-corrected chi connectivity index (χ3v) is 4.37. The van der Waals surface area contributed by atoms with Crippen molar-refractivity contribution in [2.75, 3.05) is 13.1 Å². The molecule has 134 valence electrons. The molecule has 1 aromatic heterocycles. The average Bonchev–Trinajstić information content (AvgIpc) is 3.19. The molecule has 9 heteroatoms. The van der Waals surface area contributed by atoms with E-state index in [0.29, 0.717) is 24.0 Å². The zero-order chi connectivity index (χ0) is 18.1. The summed E-state index contributed by atoms with van der Waals surface area (Å²) >= 11 is 0. The van der Waals surface area contributed by atoms with E-state index in [1.54, 1.807) is 31.2 Å². The highest BCUT2D eigenvalue weighted by Crippen LogP contribution is 2.27. The normalized spacial score (nSPS) is 18.7. The van der Waals surface area contributed by atoms with Crippen LogP contribution >= 0.6 is 0 Å². The fourth-order valence-corrected chi connectivity index (χ4v) is 3.06. The van der Waals surface area contributed by atoms with Gasteiger partial charge in [-0.15, -0.1) is 0 Å². The van der Waals surface area contributed by atoms with Gasteiger partial charge in [-0.05, 0) is 25.5 Å². The summed E-state index contributed by atoms with van der Waals surface area (Å²) in [6.07, 6.45) is 0.382. The predicted octanol–water partition coefficient (Wildman–Crippen LogP) is 2.61. The number of hydrogen-bond donors (Lipinski definition) is 2. The Morgan fingerprint density at radius 2 is 2.08 bits per heavy atom. The Hall–Kier alpha value is -2.71. The monoisotopic (exact) mass is 352 g/mol. The van der Waals surface area contributed by atoms with Gasteiger partial charge in [0.15, 0.2) is 0 Å². The number of alkyl halides is 2. The van der Waals surface area contributed by atoms with Crippen molar-refractivity contribution < 1.29 is 23.5 Å². The van der Waals surface area contributed by atoms with Crippen LogP contribution in [0.4, 0.5) is 13.6 Å². The first-order valence-electron chi connectivity index (χ1n) is 7.91. The molecule has 2 unspecified atom stereocenters. The van der Waals surface area contributed by atoms with Gasteiger partial charge in [0.05, 0.1) is 23.0 Å². The van der Waals surface area contributed by atoms with Gasteiger partial charge in [-0.25, -0.2) is 9.78 Å². The number of carbonyl (C=O) groups excluding carboxylic acids is 1. The first-order valence-corrected chi connectivity index (χ1v) is 7.91. The maximum atomic E-state index is 13.5. The number of benzene rings is 1. The summed E-state index contributed by atoms with van der Waals surface area (Å²) in [5, 5.41) is 11.6. The molecule has 0 radical (unpaired) electrons. The van der Waals surface area contributed by atoms with Gasteiger partial charge in [0, 0.05) is 13.1 Å². The van der Waals surface area contributed by atoms with Crippen molar-refractivity contribution in [3.05, 3.63) is 30.1 Å². The van der Waals surface area contributed by atoms with Gasteiger partial charge in [-0.1, -0.05) is 12.1 Å². The number of carbonyl (C=O) groups is 2. The topological polar surface area (TPSA) is 87.5 Å². The molecule has 1 saturated heterocycles. The van der Waals surface area contributed by atoms with E-state index in [9.17, 15) is 18.4 Å². The third kappa shape index (κ3) is 3.26. The van der Waals surface area contributed by atoms with E-state index in [-0.39, 0.29) is 12.4 Å². The lowest BCUT2D eigenvalue weighted by Crippen LogP contribution is -2.40. The molecule has 25 heavy (non-hydrogen) atoms. The highest BCUT2D eigenvalue weighted by atomic mass is 19.3. The van der Waals surface area contributed by atoms with Crippen LogP contribution in [0.15, 0.2) is 24.3 Å².